The molecule has 0 bridgehead atoms. The van der Waals surface area contributed by atoms with Gasteiger partial charge in [-0.25, -0.2) is 9.97 Å². The fraction of sp³-hybridized carbons (Fsp3) is 0.733. The Morgan fingerprint density at radius 2 is 1.80 bits per heavy atom. The van der Waals surface area contributed by atoms with Gasteiger partial charge in [0.2, 0.25) is 5.75 Å². The van der Waals surface area contributed by atoms with E-state index in [-0.39, 0.29) is 0 Å². The fourth-order valence-electron chi connectivity index (χ4n) is 2.76. The molecule has 112 valence electrons. The van der Waals surface area contributed by atoms with Crippen LogP contribution in [-0.2, 0) is 0 Å². The highest BCUT2D eigenvalue weighted by Crippen LogP contribution is 2.30. The molecule has 1 saturated carbocycles. The van der Waals surface area contributed by atoms with Gasteiger partial charge in [-0.1, -0.05) is 32.6 Å². The highest BCUT2D eigenvalue weighted by atomic mass is 16.5. The SMILES string of the molecule is CCCNc1ncnc(NCCC2CCCC2)c1OC. The van der Waals surface area contributed by atoms with E-state index in [1.54, 1.807) is 13.4 Å². The Kier molecular flexibility index (Phi) is 5.89. The summed E-state index contributed by atoms with van der Waals surface area (Å²) < 4.78 is 5.45. The summed E-state index contributed by atoms with van der Waals surface area (Å²) in [5, 5.41) is 6.66. The molecule has 0 unspecified atom stereocenters. The van der Waals surface area contributed by atoms with Gasteiger partial charge in [-0.05, 0) is 18.8 Å². The van der Waals surface area contributed by atoms with Gasteiger partial charge in [-0.3, -0.25) is 0 Å². The van der Waals surface area contributed by atoms with Crippen molar-refractivity contribution in [1.82, 2.24) is 9.97 Å². The van der Waals surface area contributed by atoms with E-state index < -0.39 is 0 Å². The Labute approximate surface area is 121 Å². The van der Waals surface area contributed by atoms with Crippen LogP contribution >= 0.6 is 0 Å². The summed E-state index contributed by atoms with van der Waals surface area (Å²) in [6.45, 7) is 3.96. The first-order valence-corrected chi connectivity index (χ1v) is 7.71. The van der Waals surface area contributed by atoms with Crippen LogP contribution in [0.25, 0.3) is 0 Å². The zero-order valence-corrected chi connectivity index (χ0v) is 12.6. The molecule has 20 heavy (non-hydrogen) atoms. The van der Waals surface area contributed by atoms with Crippen LogP contribution in [0.1, 0.15) is 45.4 Å². The maximum Gasteiger partial charge on any atom is 0.204 e. The van der Waals surface area contributed by atoms with Gasteiger partial charge in [0.05, 0.1) is 7.11 Å². The highest BCUT2D eigenvalue weighted by molar-refractivity contribution is 5.63. The van der Waals surface area contributed by atoms with E-state index in [1.165, 1.54) is 32.1 Å². The number of hydrogen-bond acceptors (Lipinski definition) is 5. The van der Waals surface area contributed by atoms with Crippen molar-refractivity contribution in [2.24, 2.45) is 5.92 Å². The zero-order chi connectivity index (χ0) is 14.2. The fourth-order valence-corrected chi connectivity index (χ4v) is 2.76. The number of anilines is 2. The third-order valence-corrected chi connectivity index (χ3v) is 3.87. The van der Waals surface area contributed by atoms with Crippen LogP contribution in [0.2, 0.25) is 0 Å². The molecule has 1 aromatic heterocycles. The standard InChI is InChI=1S/C15H26N4O/c1-3-9-16-14-13(20-2)15(19-11-18-14)17-10-8-12-6-4-5-7-12/h11-12H,3-10H2,1-2H3,(H2,16,17,18,19). The second kappa shape index (κ2) is 7.92. The topological polar surface area (TPSA) is 59.1 Å². The molecule has 1 aromatic rings. The molecule has 5 heteroatoms. The molecule has 1 fully saturated rings. The number of aromatic nitrogens is 2. The predicted octanol–water partition coefficient (Wildman–Crippen LogP) is 3.30. The number of nitrogens with one attached hydrogen (secondary N) is 2. The lowest BCUT2D eigenvalue weighted by atomic mass is 10.0. The molecule has 0 spiro atoms. The molecule has 1 aliphatic rings. The molecule has 0 aromatic carbocycles. The summed E-state index contributed by atoms with van der Waals surface area (Å²) in [6.07, 6.45) is 9.40. The van der Waals surface area contributed by atoms with Crippen LogP contribution in [0.4, 0.5) is 11.6 Å². The minimum atomic E-state index is 0.715. The van der Waals surface area contributed by atoms with Gasteiger partial charge in [-0.2, -0.15) is 0 Å². The summed E-state index contributed by atoms with van der Waals surface area (Å²) in [7, 11) is 1.66. The van der Waals surface area contributed by atoms with E-state index in [2.05, 4.69) is 27.5 Å². The van der Waals surface area contributed by atoms with Crippen molar-refractivity contribution in [3.63, 3.8) is 0 Å². The first-order valence-electron chi connectivity index (χ1n) is 7.71. The van der Waals surface area contributed by atoms with Crippen molar-refractivity contribution in [2.45, 2.75) is 45.4 Å². The lowest BCUT2D eigenvalue weighted by Crippen LogP contribution is -2.11. The van der Waals surface area contributed by atoms with Crippen LogP contribution < -0.4 is 15.4 Å². The number of nitrogens with zero attached hydrogens (tertiary/aromatic N) is 2. The van der Waals surface area contributed by atoms with Gasteiger partial charge in [0.25, 0.3) is 0 Å². The Balaban J connectivity index is 1.91. The maximum atomic E-state index is 5.45. The summed E-state index contributed by atoms with van der Waals surface area (Å²) in [6, 6.07) is 0. The summed E-state index contributed by atoms with van der Waals surface area (Å²) in [4.78, 5) is 8.54. The minimum Gasteiger partial charge on any atom is -0.490 e. The summed E-state index contributed by atoms with van der Waals surface area (Å²) in [5.74, 6) is 3.16. The van der Waals surface area contributed by atoms with E-state index in [0.29, 0.717) is 5.75 Å². The van der Waals surface area contributed by atoms with Crippen molar-refractivity contribution in [3.05, 3.63) is 6.33 Å². The number of methoxy groups -OCH3 is 1. The van der Waals surface area contributed by atoms with Crippen LogP contribution in [0.5, 0.6) is 5.75 Å². The van der Waals surface area contributed by atoms with Crippen LogP contribution in [0.3, 0.4) is 0 Å². The molecular formula is C15H26N4O. The lowest BCUT2D eigenvalue weighted by Gasteiger charge is -2.15. The zero-order valence-electron chi connectivity index (χ0n) is 12.6. The Morgan fingerprint density at radius 3 is 2.40 bits per heavy atom. The van der Waals surface area contributed by atoms with Gasteiger partial charge < -0.3 is 15.4 Å². The third-order valence-electron chi connectivity index (χ3n) is 3.87. The van der Waals surface area contributed by atoms with Crippen molar-refractivity contribution < 1.29 is 4.74 Å². The first kappa shape index (κ1) is 14.9. The molecule has 0 radical (unpaired) electrons. The van der Waals surface area contributed by atoms with E-state index in [4.69, 9.17) is 4.74 Å². The van der Waals surface area contributed by atoms with Gasteiger partial charge >= 0.3 is 0 Å². The monoisotopic (exact) mass is 278 g/mol. The van der Waals surface area contributed by atoms with Crippen LogP contribution in [0, 0.1) is 5.92 Å². The molecule has 0 saturated heterocycles. The summed E-state index contributed by atoms with van der Waals surface area (Å²) >= 11 is 0. The maximum absolute atomic E-state index is 5.45. The first-order chi connectivity index (χ1) is 9.85. The average molecular weight is 278 g/mol. The Hall–Kier alpha value is -1.52. The Morgan fingerprint density at radius 1 is 1.15 bits per heavy atom. The second-order valence-corrected chi connectivity index (χ2v) is 5.40. The molecule has 0 aliphatic heterocycles. The molecule has 0 amide bonds. The minimum absolute atomic E-state index is 0.715. The van der Waals surface area contributed by atoms with Crippen LogP contribution in [-0.4, -0.2) is 30.2 Å². The molecular weight excluding hydrogens is 252 g/mol. The van der Waals surface area contributed by atoms with Crippen molar-refractivity contribution in [1.29, 1.82) is 0 Å². The molecule has 1 heterocycles. The Bertz CT molecular complexity index is 405. The highest BCUT2D eigenvalue weighted by Gasteiger charge is 2.15. The van der Waals surface area contributed by atoms with Crippen LogP contribution in [0.15, 0.2) is 6.33 Å². The number of rotatable bonds is 8. The molecule has 0 atom stereocenters. The number of ether oxygens (including phenoxy) is 1. The van der Waals surface area contributed by atoms with Crippen molar-refractivity contribution >= 4 is 11.6 Å². The van der Waals surface area contributed by atoms with Gasteiger partial charge in [-0.15, -0.1) is 0 Å². The molecule has 5 nitrogen and oxygen atoms in total. The average Bonchev–Trinajstić information content (AvgIpc) is 2.98. The van der Waals surface area contributed by atoms with E-state index in [0.717, 1.165) is 37.1 Å². The van der Waals surface area contributed by atoms with E-state index >= 15 is 0 Å². The quantitative estimate of drug-likeness (QED) is 0.764. The van der Waals surface area contributed by atoms with E-state index in [1.807, 2.05) is 0 Å². The second-order valence-electron chi connectivity index (χ2n) is 5.40. The largest absolute Gasteiger partial charge is 0.490 e. The molecule has 1 aliphatic carbocycles. The van der Waals surface area contributed by atoms with Crippen molar-refractivity contribution in [2.75, 3.05) is 30.8 Å². The van der Waals surface area contributed by atoms with Gasteiger partial charge in [0.1, 0.15) is 6.33 Å². The van der Waals surface area contributed by atoms with Gasteiger partial charge in [0.15, 0.2) is 11.6 Å². The molecule has 2 rings (SSSR count). The third kappa shape index (κ3) is 3.99. The normalized spacial score (nSPS) is 15.3. The number of hydrogen-bond donors (Lipinski definition) is 2. The lowest BCUT2D eigenvalue weighted by molar-refractivity contribution is 0.414. The van der Waals surface area contributed by atoms with Gasteiger partial charge in [0, 0.05) is 13.1 Å². The summed E-state index contributed by atoms with van der Waals surface area (Å²) in [5.41, 5.74) is 0. The van der Waals surface area contributed by atoms with E-state index in [9.17, 15) is 0 Å². The van der Waals surface area contributed by atoms with Crippen molar-refractivity contribution in [3.8, 4) is 5.75 Å². The smallest absolute Gasteiger partial charge is 0.204 e. The predicted molar refractivity (Wildman–Crippen MR) is 82.4 cm³/mol. The molecule has 2 N–H and O–H groups in total.